The molecule has 0 aromatic heterocycles. The Labute approximate surface area is 92.2 Å². The highest BCUT2D eigenvalue weighted by molar-refractivity contribution is 6.31. The predicted octanol–water partition coefficient (Wildman–Crippen LogP) is 3.68. The number of alkyl halides is 2. The van der Waals surface area contributed by atoms with Gasteiger partial charge >= 0.3 is 0 Å². The summed E-state index contributed by atoms with van der Waals surface area (Å²) in [6.45, 7) is 0. The summed E-state index contributed by atoms with van der Waals surface area (Å²) in [4.78, 5) is 0. The Morgan fingerprint density at radius 2 is 2.07 bits per heavy atom. The van der Waals surface area contributed by atoms with Gasteiger partial charge in [-0.15, -0.1) is 0 Å². The van der Waals surface area contributed by atoms with Crippen molar-refractivity contribution in [1.82, 2.24) is 0 Å². The molecule has 0 amide bonds. The summed E-state index contributed by atoms with van der Waals surface area (Å²) in [7, 11) is 0. The molecule has 1 fully saturated rings. The van der Waals surface area contributed by atoms with E-state index in [2.05, 4.69) is 0 Å². The van der Waals surface area contributed by atoms with Gasteiger partial charge in [0.2, 0.25) is 6.43 Å². The summed E-state index contributed by atoms with van der Waals surface area (Å²) in [5.74, 6) is -0.676. The van der Waals surface area contributed by atoms with Gasteiger partial charge in [0.1, 0.15) is 0 Å². The first-order chi connectivity index (χ1) is 7.09. The zero-order valence-electron chi connectivity index (χ0n) is 8.09. The maximum absolute atomic E-state index is 12.6. The molecule has 1 aromatic rings. The van der Waals surface area contributed by atoms with Gasteiger partial charge < -0.3 is 5.73 Å². The van der Waals surface area contributed by atoms with Crippen LogP contribution in [0.25, 0.3) is 0 Å². The first-order valence-corrected chi connectivity index (χ1v) is 5.30. The lowest BCUT2D eigenvalue weighted by atomic mass is 9.70. The number of halogens is 3. The number of hydrogen-bond donors (Lipinski definition) is 1. The molecular weight excluding hydrogens is 220 g/mol. The molecule has 82 valence electrons. The molecule has 0 aliphatic heterocycles. The van der Waals surface area contributed by atoms with E-state index in [0.717, 1.165) is 12.0 Å². The fraction of sp³-hybridized carbons (Fsp3) is 0.455. The predicted molar refractivity (Wildman–Crippen MR) is 57.3 cm³/mol. The molecule has 1 aliphatic carbocycles. The zero-order valence-corrected chi connectivity index (χ0v) is 8.85. The van der Waals surface area contributed by atoms with Gasteiger partial charge in [0.15, 0.2) is 0 Å². The molecule has 0 saturated heterocycles. The van der Waals surface area contributed by atoms with Crippen LogP contribution in [0.2, 0.25) is 5.02 Å². The summed E-state index contributed by atoms with van der Waals surface area (Å²) in [6, 6.07) is 5.07. The number of benzene rings is 1. The fourth-order valence-electron chi connectivity index (χ4n) is 2.06. The average Bonchev–Trinajstić information content (AvgIpc) is 2.08. The topological polar surface area (TPSA) is 26.0 Å². The minimum Gasteiger partial charge on any atom is -0.399 e. The maximum Gasteiger partial charge on any atom is 0.242 e. The highest BCUT2D eigenvalue weighted by Gasteiger charge is 2.39. The van der Waals surface area contributed by atoms with Crippen molar-refractivity contribution in [2.24, 2.45) is 5.92 Å². The minimum absolute atomic E-state index is 0.124. The Hall–Kier alpha value is -0.830. The van der Waals surface area contributed by atoms with Crippen molar-refractivity contribution in [3.63, 3.8) is 0 Å². The van der Waals surface area contributed by atoms with Crippen LogP contribution in [-0.4, -0.2) is 6.43 Å². The molecule has 15 heavy (non-hydrogen) atoms. The normalized spacial score (nSPS) is 25.3. The third-order valence-corrected chi connectivity index (χ3v) is 3.42. The number of hydrogen-bond acceptors (Lipinski definition) is 1. The van der Waals surface area contributed by atoms with E-state index in [1.54, 1.807) is 18.2 Å². The number of nitrogens with two attached hydrogens (primary N) is 1. The number of rotatable bonds is 2. The molecule has 2 atom stereocenters. The first-order valence-electron chi connectivity index (χ1n) is 4.92. The molecule has 0 unspecified atom stereocenters. The minimum atomic E-state index is -2.26. The molecule has 4 heteroatoms. The molecule has 2 rings (SSSR count). The highest BCUT2D eigenvalue weighted by Crippen LogP contribution is 2.47. The molecule has 0 radical (unpaired) electrons. The summed E-state index contributed by atoms with van der Waals surface area (Å²) < 4.78 is 25.1. The molecule has 1 aliphatic rings. The number of anilines is 1. The fourth-order valence-corrected chi connectivity index (χ4v) is 2.32. The van der Waals surface area contributed by atoms with Crippen LogP contribution >= 0.6 is 11.6 Å². The molecule has 0 bridgehead atoms. The third-order valence-electron chi connectivity index (χ3n) is 3.07. The van der Waals surface area contributed by atoms with Crippen molar-refractivity contribution in [1.29, 1.82) is 0 Å². The Morgan fingerprint density at radius 3 is 2.60 bits per heavy atom. The average molecular weight is 232 g/mol. The lowest BCUT2D eigenvalue weighted by Crippen LogP contribution is -2.30. The van der Waals surface area contributed by atoms with Crippen molar-refractivity contribution < 1.29 is 8.78 Å². The molecule has 0 heterocycles. The molecule has 1 saturated carbocycles. The van der Waals surface area contributed by atoms with Crippen molar-refractivity contribution >= 4 is 17.3 Å². The van der Waals surface area contributed by atoms with Crippen LogP contribution in [0.3, 0.4) is 0 Å². The van der Waals surface area contributed by atoms with Gasteiger partial charge in [0, 0.05) is 16.6 Å². The van der Waals surface area contributed by atoms with E-state index >= 15 is 0 Å². The van der Waals surface area contributed by atoms with Gasteiger partial charge in [-0.05, 0) is 42.5 Å². The van der Waals surface area contributed by atoms with Crippen LogP contribution in [0.1, 0.15) is 24.3 Å². The van der Waals surface area contributed by atoms with Gasteiger partial charge in [-0.1, -0.05) is 11.6 Å². The van der Waals surface area contributed by atoms with E-state index in [1.165, 1.54) is 0 Å². The van der Waals surface area contributed by atoms with E-state index in [-0.39, 0.29) is 5.92 Å². The molecule has 2 N–H and O–H groups in total. The van der Waals surface area contributed by atoms with E-state index in [9.17, 15) is 8.78 Å². The Balaban J connectivity index is 2.26. The standard InChI is InChI=1S/C11H12ClF2N/c12-10-4-1-6(15)5-9(10)7-2-3-8(7)11(13)14/h1,4-5,7-8,11H,2-3,15H2/t7-,8+/m1/s1. The Kier molecular flexibility index (Phi) is 2.83. The van der Waals surface area contributed by atoms with Gasteiger partial charge in [-0.25, -0.2) is 8.78 Å². The maximum atomic E-state index is 12.6. The number of nitrogen functional groups attached to an aromatic ring is 1. The van der Waals surface area contributed by atoms with E-state index in [0.29, 0.717) is 17.1 Å². The Bertz CT molecular complexity index is 368. The van der Waals surface area contributed by atoms with Crippen molar-refractivity contribution in [3.8, 4) is 0 Å². The monoisotopic (exact) mass is 231 g/mol. The SMILES string of the molecule is Nc1ccc(Cl)c([C@@H]2CC[C@@H]2C(F)F)c1. The van der Waals surface area contributed by atoms with Gasteiger partial charge in [0.05, 0.1) is 0 Å². The molecule has 1 nitrogen and oxygen atoms in total. The second-order valence-electron chi connectivity index (χ2n) is 3.96. The molecule has 0 spiro atoms. The summed E-state index contributed by atoms with van der Waals surface area (Å²) in [6.07, 6.45) is -0.910. The van der Waals surface area contributed by atoms with Gasteiger partial charge in [-0.2, -0.15) is 0 Å². The van der Waals surface area contributed by atoms with Crippen LogP contribution in [0.4, 0.5) is 14.5 Å². The lowest BCUT2D eigenvalue weighted by molar-refractivity contribution is 0.0168. The molecular formula is C11H12ClF2N. The smallest absolute Gasteiger partial charge is 0.242 e. The second-order valence-corrected chi connectivity index (χ2v) is 4.37. The van der Waals surface area contributed by atoms with Crippen LogP contribution in [0.5, 0.6) is 0 Å². The summed E-state index contributed by atoms with van der Waals surface area (Å²) in [5.41, 5.74) is 6.97. The van der Waals surface area contributed by atoms with Crippen molar-refractivity contribution in [2.75, 3.05) is 5.73 Å². The summed E-state index contributed by atoms with van der Waals surface area (Å²) >= 11 is 5.97. The molecule has 1 aromatic carbocycles. The Morgan fingerprint density at radius 1 is 1.33 bits per heavy atom. The second kappa shape index (κ2) is 3.97. The van der Waals surface area contributed by atoms with Crippen LogP contribution in [0.15, 0.2) is 18.2 Å². The summed E-state index contributed by atoms with van der Waals surface area (Å²) in [5, 5.41) is 0.541. The van der Waals surface area contributed by atoms with Gasteiger partial charge in [-0.3, -0.25) is 0 Å². The van der Waals surface area contributed by atoms with Crippen LogP contribution in [-0.2, 0) is 0 Å². The van der Waals surface area contributed by atoms with E-state index in [4.69, 9.17) is 17.3 Å². The van der Waals surface area contributed by atoms with Crippen LogP contribution < -0.4 is 5.73 Å². The lowest BCUT2D eigenvalue weighted by Gasteiger charge is -2.36. The van der Waals surface area contributed by atoms with Crippen LogP contribution in [0, 0.1) is 5.92 Å². The van der Waals surface area contributed by atoms with Crippen molar-refractivity contribution in [3.05, 3.63) is 28.8 Å². The zero-order chi connectivity index (χ0) is 11.0. The van der Waals surface area contributed by atoms with E-state index < -0.39 is 12.3 Å². The highest BCUT2D eigenvalue weighted by atomic mass is 35.5. The van der Waals surface area contributed by atoms with Crippen molar-refractivity contribution in [2.45, 2.75) is 25.2 Å². The van der Waals surface area contributed by atoms with E-state index in [1.807, 2.05) is 0 Å². The largest absolute Gasteiger partial charge is 0.399 e. The van der Waals surface area contributed by atoms with Gasteiger partial charge in [0.25, 0.3) is 0 Å². The first kappa shape index (κ1) is 10.7. The third kappa shape index (κ3) is 1.93. The quantitative estimate of drug-likeness (QED) is 0.772.